The van der Waals surface area contributed by atoms with E-state index >= 15 is 0 Å². The molecule has 0 saturated carbocycles. The molecule has 0 unspecified atom stereocenters. The van der Waals surface area contributed by atoms with E-state index in [-0.39, 0.29) is 33.5 Å². The standard InChI is InChI=1S/C12H10ClN5O5/c1-23-10-3-8(18(21)22)6(2-9(10)19)4-14-16-7-5-15-17-12(20)11(7)13/h2-5,19H,1H3,(H2,16,17,20)/b14-4-. The molecule has 0 atom stereocenters. The van der Waals surface area contributed by atoms with Crippen LogP contribution in [0.2, 0.25) is 5.02 Å². The molecule has 0 aliphatic rings. The van der Waals surface area contributed by atoms with Crippen LogP contribution in [0, 0.1) is 10.1 Å². The number of hydrogen-bond donors (Lipinski definition) is 3. The number of benzene rings is 1. The van der Waals surface area contributed by atoms with Gasteiger partial charge in [-0.15, -0.1) is 0 Å². The Morgan fingerprint density at radius 1 is 1.57 bits per heavy atom. The number of hydrazone groups is 1. The SMILES string of the molecule is COc1cc([N+](=O)[O-])c(/C=N\Nc2cn[nH]c(=O)c2Cl)cc1O. The Labute approximate surface area is 133 Å². The van der Waals surface area contributed by atoms with Crippen molar-refractivity contribution in [2.45, 2.75) is 0 Å². The third-order valence-corrected chi connectivity index (χ3v) is 3.08. The first-order valence-corrected chi connectivity index (χ1v) is 6.39. The second kappa shape index (κ2) is 6.75. The molecular formula is C12H10ClN5O5. The van der Waals surface area contributed by atoms with Crippen molar-refractivity contribution < 1.29 is 14.8 Å². The van der Waals surface area contributed by atoms with Crippen LogP contribution in [0.1, 0.15) is 5.56 Å². The Morgan fingerprint density at radius 3 is 2.96 bits per heavy atom. The van der Waals surface area contributed by atoms with Crippen LogP contribution >= 0.6 is 11.6 Å². The number of nitro groups is 1. The molecule has 3 N–H and O–H groups in total. The predicted octanol–water partition coefficient (Wildman–Crippen LogP) is 1.49. The van der Waals surface area contributed by atoms with E-state index in [1.54, 1.807) is 0 Å². The van der Waals surface area contributed by atoms with Gasteiger partial charge in [-0.1, -0.05) is 11.6 Å². The number of phenolic OH excluding ortho intramolecular Hbond substituents is 1. The smallest absolute Gasteiger partial charge is 0.285 e. The maximum Gasteiger partial charge on any atom is 0.285 e. The van der Waals surface area contributed by atoms with Gasteiger partial charge >= 0.3 is 0 Å². The van der Waals surface area contributed by atoms with Gasteiger partial charge in [0.25, 0.3) is 11.2 Å². The minimum absolute atomic E-state index is 0.0229. The van der Waals surface area contributed by atoms with Crippen LogP contribution in [0.15, 0.2) is 28.2 Å². The predicted molar refractivity (Wildman–Crippen MR) is 82.4 cm³/mol. The summed E-state index contributed by atoms with van der Waals surface area (Å²) in [5, 5.41) is 30.0. The molecule has 0 saturated heterocycles. The van der Waals surface area contributed by atoms with E-state index in [1.807, 2.05) is 0 Å². The Morgan fingerprint density at radius 2 is 2.30 bits per heavy atom. The number of phenols is 1. The lowest BCUT2D eigenvalue weighted by Gasteiger charge is -2.05. The third kappa shape index (κ3) is 3.55. The fourth-order valence-corrected chi connectivity index (χ4v) is 1.76. The zero-order chi connectivity index (χ0) is 17.0. The van der Waals surface area contributed by atoms with Gasteiger partial charge in [-0.2, -0.15) is 10.2 Å². The number of H-pyrrole nitrogens is 1. The lowest BCUT2D eigenvalue weighted by Crippen LogP contribution is -2.10. The van der Waals surface area contributed by atoms with Crippen LogP contribution in [0.5, 0.6) is 11.5 Å². The first-order valence-electron chi connectivity index (χ1n) is 6.01. The average molecular weight is 340 g/mol. The molecule has 1 heterocycles. The van der Waals surface area contributed by atoms with E-state index in [1.165, 1.54) is 13.3 Å². The first-order chi connectivity index (χ1) is 10.9. The summed E-state index contributed by atoms with van der Waals surface area (Å²) in [5.41, 5.74) is 1.65. The molecule has 0 radical (unpaired) electrons. The van der Waals surface area contributed by atoms with Crippen molar-refractivity contribution >= 4 is 29.2 Å². The van der Waals surface area contributed by atoms with Gasteiger partial charge in [0.1, 0.15) is 10.7 Å². The fraction of sp³-hybridized carbons (Fsp3) is 0.0833. The summed E-state index contributed by atoms with van der Waals surface area (Å²) in [7, 11) is 1.27. The lowest BCUT2D eigenvalue weighted by atomic mass is 10.1. The van der Waals surface area contributed by atoms with Crippen LogP contribution in [0.4, 0.5) is 11.4 Å². The molecular weight excluding hydrogens is 330 g/mol. The summed E-state index contributed by atoms with van der Waals surface area (Å²) in [6.45, 7) is 0. The molecule has 0 aliphatic carbocycles. The molecule has 0 amide bonds. The lowest BCUT2D eigenvalue weighted by molar-refractivity contribution is -0.385. The highest BCUT2D eigenvalue weighted by Crippen LogP contribution is 2.32. The van der Waals surface area contributed by atoms with Gasteiger partial charge in [-0.3, -0.25) is 20.3 Å². The molecule has 0 spiro atoms. The van der Waals surface area contributed by atoms with Gasteiger partial charge in [0.2, 0.25) is 0 Å². The number of halogens is 1. The molecule has 1 aromatic carbocycles. The van der Waals surface area contributed by atoms with Crippen molar-refractivity contribution in [1.82, 2.24) is 10.2 Å². The number of nitrogens with one attached hydrogen (secondary N) is 2. The van der Waals surface area contributed by atoms with Crippen molar-refractivity contribution in [1.29, 1.82) is 0 Å². The van der Waals surface area contributed by atoms with E-state index in [2.05, 4.69) is 20.7 Å². The quantitative estimate of drug-likeness (QED) is 0.425. The molecule has 2 rings (SSSR count). The summed E-state index contributed by atoms with van der Waals surface area (Å²) < 4.78 is 4.82. The zero-order valence-electron chi connectivity index (χ0n) is 11.6. The number of anilines is 1. The van der Waals surface area contributed by atoms with E-state index in [0.29, 0.717) is 0 Å². The number of aromatic nitrogens is 2. The van der Waals surface area contributed by atoms with Crippen LogP contribution in [-0.2, 0) is 0 Å². The Balaban J connectivity index is 2.32. The molecule has 1 aromatic heterocycles. The average Bonchev–Trinajstić information content (AvgIpc) is 2.51. The summed E-state index contributed by atoms with van der Waals surface area (Å²) in [5.74, 6) is -0.320. The van der Waals surface area contributed by atoms with Crippen LogP contribution in [0.25, 0.3) is 0 Å². The van der Waals surface area contributed by atoms with E-state index in [0.717, 1.165) is 18.3 Å². The molecule has 11 heteroatoms. The highest BCUT2D eigenvalue weighted by Gasteiger charge is 2.17. The third-order valence-electron chi connectivity index (χ3n) is 2.71. The van der Waals surface area contributed by atoms with Crippen LogP contribution in [0.3, 0.4) is 0 Å². The number of ether oxygens (including phenoxy) is 1. The largest absolute Gasteiger partial charge is 0.504 e. The summed E-state index contributed by atoms with van der Waals surface area (Å²) >= 11 is 5.74. The zero-order valence-corrected chi connectivity index (χ0v) is 12.4. The van der Waals surface area contributed by atoms with E-state index < -0.39 is 10.5 Å². The molecule has 0 aliphatic heterocycles. The Bertz CT molecular complexity index is 835. The van der Waals surface area contributed by atoms with E-state index in [9.17, 15) is 20.0 Å². The van der Waals surface area contributed by atoms with Crippen molar-refractivity contribution in [2.24, 2.45) is 5.10 Å². The number of nitro benzene ring substituents is 1. The van der Waals surface area contributed by atoms with Gasteiger partial charge in [-0.25, -0.2) is 5.10 Å². The molecule has 2 aromatic rings. The number of nitrogens with zero attached hydrogens (tertiary/aromatic N) is 3. The number of rotatable bonds is 5. The topological polar surface area (TPSA) is 143 Å². The highest BCUT2D eigenvalue weighted by molar-refractivity contribution is 6.32. The molecule has 120 valence electrons. The van der Waals surface area contributed by atoms with Gasteiger partial charge in [0.05, 0.1) is 36.1 Å². The number of methoxy groups -OCH3 is 1. The number of hydrogen-bond acceptors (Lipinski definition) is 8. The van der Waals surface area contributed by atoms with Crippen molar-refractivity contribution in [2.75, 3.05) is 12.5 Å². The van der Waals surface area contributed by atoms with Crippen LogP contribution < -0.4 is 15.7 Å². The summed E-state index contributed by atoms with van der Waals surface area (Å²) in [6, 6.07) is 2.19. The molecule has 0 fully saturated rings. The summed E-state index contributed by atoms with van der Waals surface area (Å²) in [4.78, 5) is 21.6. The van der Waals surface area contributed by atoms with Crippen molar-refractivity contribution in [3.05, 3.63) is 49.4 Å². The van der Waals surface area contributed by atoms with Gasteiger partial charge in [0.15, 0.2) is 11.5 Å². The Hall–Kier alpha value is -3.14. The number of aromatic amines is 1. The normalized spacial score (nSPS) is 10.7. The van der Waals surface area contributed by atoms with Crippen molar-refractivity contribution in [3.63, 3.8) is 0 Å². The number of aromatic hydroxyl groups is 1. The fourth-order valence-electron chi connectivity index (χ4n) is 1.63. The van der Waals surface area contributed by atoms with Gasteiger partial charge < -0.3 is 9.84 Å². The minimum atomic E-state index is -0.648. The molecule has 10 nitrogen and oxygen atoms in total. The minimum Gasteiger partial charge on any atom is -0.504 e. The highest BCUT2D eigenvalue weighted by atomic mass is 35.5. The maximum atomic E-state index is 11.3. The van der Waals surface area contributed by atoms with Crippen molar-refractivity contribution in [3.8, 4) is 11.5 Å². The maximum absolute atomic E-state index is 11.3. The molecule has 23 heavy (non-hydrogen) atoms. The monoisotopic (exact) mass is 339 g/mol. The summed E-state index contributed by atoms with van der Waals surface area (Å²) in [6.07, 6.45) is 2.32. The van der Waals surface area contributed by atoms with Crippen LogP contribution in [-0.4, -0.2) is 33.6 Å². The van der Waals surface area contributed by atoms with Gasteiger partial charge in [-0.05, 0) is 6.07 Å². The Kier molecular flexibility index (Phi) is 4.76. The first kappa shape index (κ1) is 16.2. The second-order valence-corrected chi connectivity index (χ2v) is 4.51. The second-order valence-electron chi connectivity index (χ2n) is 4.14. The molecule has 0 bridgehead atoms. The van der Waals surface area contributed by atoms with Gasteiger partial charge in [0, 0.05) is 0 Å². The van der Waals surface area contributed by atoms with E-state index in [4.69, 9.17) is 16.3 Å².